The van der Waals surface area contributed by atoms with E-state index in [0.717, 1.165) is 29.4 Å². The van der Waals surface area contributed by atoms with Crippen LogP contribution in [-0.2, 0) is 0 Å². The third kappa shape index (κ3) is 3.03. The van der Waals surface area contributed by atoms with Gasteiger partial charge in [-0.1, -0.05) is 0 Å². The molecular formula is C14H10Br2F2N2O. The van der Waals surface area contributed by atoms with Crippen LogP contribution in [0.4, 0.5) is 14.5 Å². The number of aromatic nitrogens is 1. The highest BCUT2D eigenvalue weighted by atomic mass is 79.9. The molecular weight excluding hydrogens is 410 g/mol. The summed E-state index contributed by atoms with van der Waals surface area (Å²) in [7, 11) is 0. The third-order valence-electron chi connectivity index (χ3n) is 3.25. The van der Waals surface area contributed by atoms with Gasteiger partial charge in [0.1, 0.15) is 17.3 Å². The summed E-state index contributed by atoms with van der Waals surface area (Å²) in [5.41, 5.74) is 0.243. The number of halogens is 4. The molecule has 1 fully saturated rings. The molecule has 1 aliphatic carbocycles. The van der Waals surface area contributed by atoms with Crippen molar-refractivity contribution in [3.05, 3.63) is 50.7 Å². The van der Waals surface area contributed by atoms with Crippen molar-refractivity contribution in [3.63, 3.8) is 0 Å². The number of carbonyl (C=O) groups excluding carboxylic acids is 1. The maximum absolute atomic E-state index is 13.8. The van der Waals surface area contributed by atoms with Gasteiger partial charge in [-0.2, -0.15) is 0 Å². The van der Waals surface area contributed by atoms with Crippen LogP contribution in [0.25, 0.3) is 0 Å². The topological polar surface area (TPSA) is 34.0 Å². The van der Waals surface area contributed by atoms with Crippen LogP contribution in [0.5, 0.6) is 0 Å². The first-order chi connectivity index (χ1) is 9.95. The lowest BCUT2D eigenvalue weighted by Gasteiger charge is -2.10. The molecule has 1 heterocycles. The molecule has 0 atom stereocenters. The summed E-state index contributed by atoms with van der Waals surface area (Å²) in [6.45, 7) is 0. The molecule has 0 saturated heterocycles. The van der Waals surface area contributed by atoms with Crippen molar-refractivity contribution in [1.82, 2.24) is 4.57 Å². The molecule has 21 heavy (non-hydrogen) atoms. The van der Waals surface area contributed by atoms with Crippen molar-refractivity contribution >= 4 is 43.5 Å². The van der Waals surface area contributed by atoms with Gasteiger partial charge < -0.3 is 9.88 Å². The minimum atomic E-state index is -0.694. The third-order valence-corrected chi connectivity index (χ3v) is 4.29. The summed E-state index contributed by atoms with van der Waals surface area (Å²) in [5, 5.41) is 2.41. The Morgan fingerprint density at radius 3 is 2.57 bits per heavy atom. The van der Waals surface area contributed by atoms with E-state index in [-0.39, 0.29) is 10.2 Å². The second-order valence-corrected chi connectivity index (χ2v) is 6.65. The Balaban J connectivity index is 1.88. The first kappa shape index (κ1) is 14.7. The lowest BCUT2D eigenvalue weighted by Crippen LogP contribution is -2.17. The van der Waals surface area contributed by atoms with Gasteiger partial charge in [0.2, 0.25) is 0 Å². The molecule has 0 aliphatic heterocycles. The highest BCUT2D eigenvalue weighted by Crippen LogP contribution is 2.37. The number of rotatable bonds is 3. The molecule has 1 amide bonds. The number of carbonyl (C=O) groups is 1. The largest absolute Gasteiger partial charge is 0.339 e. The van der Waals surface area contributed by atoms with Gasteiger partial charge in [-0.05, 0) is 56.8 Å². The van der Waals surface area contributed by atoms with Crippen molar-refractivity contribution in [2.24, 2.45) is 0 Å². The van der Waals surface area contributed by atoms with E-state index in [2.05, 4.69) is 37.2 Å². The standard InChI is InChI=1S/C14H10Br2F2N2O/c15-7-3-13(20(6-7)8-1-2-8)14(21)19-12-5-10(17)9(16)4-11(12)18/h3-6,8H,1-2H2,(H,19,21). The first-order valence-corrected chi connectivity index (χ1v) is 7.87. The zero-order chi connectivity index (χ0) is 15.1. The average Bonchev–Trinajstić information content (AvgIpc) is 3.18. The molecule has 1 aliphatic rings. The number of hydrogen-bond donors (Lipinski definition) is 1. The van der Waals surface area contributed by atoms with Gasteiger partial charge in [0, 0.05) is 22.8 Å². The minimum absolute atomic E-state index is 0.0158. The summed E-state index contributed by atoms with van der Waals surface area (Å²) in [5.74, 6) is -1.79. The lowest BCUT2D eigenvalue weighted by atomic mass is 10.2. The van der Waals surface area contributed by atoms with Crippen LogP contribution in [0.1, 0.15) is 29.4 Å². The fourth-order valence-corrected chi connectivity index (χ4v) is 2.84. The zero-order valence-corrected chi connectivity index (χ0v) is 13.8. The number of nitrogens with zero attached hydrogens (tertiary/aromatic N) is 1. The van der Waals surface area contributed by atoms with Crippen LogP contribution >= 0.6 is 31.9 Å². The van der Waals surface area contributed by atoms with E-state index in [1.165, 1.54) is 0 Å². The maximum Gasteiger partial charge on any atom is 0.272 e. The van der Waals surface area contributed by atoms with Gasteiger partial charge in [0.15, 0.2) is 0 Å². The second-order valence-electron chi connectivity index (χ2n) is 4.88. The quantitative estimate of drug-likeness (QED) is 0.707. The van der Waals surface area contributed by atoms with Crippen molar-refractivity contribution in [3.8, 4) is 0 Å². The molecule has 1 N–H and O–H groups in total. The van der Waals surface area contributed by atoms with Crippen molar-refractivity contribution in [2.45, 2.75) is 18.9 Å². The van der Waals surface area contributed by atoms with Crippen LogP contribution in [0, 0.1) is 11.6 Å². The number of nitrogens with one attached hydrogen (secondary N) is 1. The van der Waals surface area contributed by atoms with Crippen LogP contribution in [0.2, 0.25) is 0 Å². The Hall–Kier alpha value is -1.21. The van der Waals surface area contributed by atoms with E-state index in [0.29, 0.717) is 11.7 Å². The van der Waals surface area contributed by atoms with Crippen molar-refractivity contribution in [1.29, 1.82) is 0 Å². The van der Waals surface area contributed by atoms with Crippen molar-refractivity contribution < 1.29 is 13.6 Å². The van der Waals surface area contributed by atoms with E-state index in [1.807, 2.05) is 10.8 Å². The minimum Gasteiger partial charge on any atom is -0.339 e. The number of benzene rings is 1. The predicted molar refractivity (Wildman–Crippen MR) is 82.4 cm³/mol. The summed E-state index contributed by atoms with van der Waals surface area (Å²) in [4.78, 5) is 12.3. The molecule has 0 spiro atoms. The highest BCUT2D eigenvalue weighted by molar-refractivity contribution is 9.10. The Morgan fingerprint density at radius 2 is 1.90 bits per heavy atom. The fourth-order valence-electron chi connectivity index (χ4n) is 2.09. The van der Waals surface area contributed by atoms with Crippen LogP contribution in [0.15, 0.2) is 33.3 Å². The summed E-state index contributed by atoms with van der Waals surface area (Å²) < 4.78 is 29.9. The molecule has 0 radical (unpaired) electrons. The second kappa shape index (κ2) is 5.53. The van der Waals surface area contributed by atoms with E-state index in [4.69, 9.17) is 0 Å². The van der Waals surface area contributed by atoms with E-state index >= 15 is 0 Å². The molecule has 0 bridgehead atoms. The van der Waals surface area contributed by atoms with E-state index in [9.17, 15) is 13.6 Å². The van der Waals surface area contributed by atoms with Gasteiger partial charge in [-0.3, -0.25) is 4.79 Å². The van der Waals surface area contributed by atoms with E-state index < -0.39 is 17.5 Å². The molecule has 3 nitrogen and oxygen atoms in total. The molecule has 1 aromatic heterocycles. The van der Waals surface area contributed by atoms with E-state index in [1.54, 1.807) is 6.07 Å². The van der Waals surface area contributed by atoms with Crippen LogP contribution in [-0.4, -0.2) is 10.5 Å². The molecule has 7 heteroatoms. The van der Waals surface area contributed by atoms with Crippen molar-refractivity contribution in [2.75, 3.05) is 5.32 Å². The summed E-state index contributed by atoms with van der Waals surface area (Å²) in [6.07, 6.45) is 3.86. The van der Waals surface area contributed by atoms with Gasteiger partial charge in [-0.25, -0.2) is 8.78 Å². The number of anilines is 1. The fraction of sp³-hybridized carbons (Fsp3) is 0.214. The Labute approximate surface area is 136 Å². The predicted octanol–water partition coefficient (Wildman–Crippen LogP) is 4.88. The molecule has 0 unspecified atom stereocenters. The highest BCUT2D eigenvalue weighted by Gasteiger charge is 2.28. The molecule has 110 valence electrons. The zero-order valence-electron chi connectivity index (χ0n) is 10.7. The summed E-state index contributed by atoms with van der Waals surface area (Å²) >= 11 is 6.22. The Morgan fingerprint density at radius 1 is 1.19 bits per heavy atom. The van der Waals surface area contributed by atoms with Crippen LogP contribution in [0.3, 0.4) is 0 Å². The molecule has 1 saturated carbocycles. The maximum atomic E-state index is 13.8. The Bertz CT molecular complexity index is 726. The monoisotopic (exact) mass is 418 g/mol. The van der Waals surface area contributed by atoms with Gasteiger partial charge in [0.25, 0.3) is 5.91 Å². The van der Waals surface area contributed by atoms with Crippen LogP contribution < -0.4 is 5.32 Å². The molecule has 1 aromatic carbocycles. The molecule has 2 aromatic rings. The van der Waals surface area contributed by atoms with Gasteiger partial charge in [0.05, 0.1) is 10.2 Å². The average molecular weight is 420 g/mol. The SMILES string of the molecule is O=C(Nc1cc(F)c(Br)cc1F)c1cc(Br)cn1C1CC1. The Kier molecular flexibility index (Phi) is 3.88. The smallest absolute Gasteiger partial charge is 0.272 e. The number of amides is 1. The number of hydrogen-bond acceptors (Lipinski definition) is 1. The normalized spacial score (nSPS) is 14.3. The molecule has 3 rings (SSSR count). The lowest BCUT2D eigenvalue weighted by molar-refractivity contribution is 0.101. The van der Waals surface area contributed by atoms with Gasteiger partial charge >= 0.3 is 0 Å². The summed E-state index contributed by atoms with van der Waals surface area (Å²) in [6, 6.07) is 3.92. The first-order valence-electron chi connectivity index (χ1n) is 6.29. The van der Waals surface area contributed by atoms with Gasteiger partial charge in [-0.15, -0.1) is 0 Å².